The molecular weight excluding hydrogens is 580 g/mol. The van der Waals surface area contributed by atoms with Gasteiger partial charge in [-0.1, -0.05) is 6.07 Å². The van der Waals surface area contributed by atoms with E-state index in [0.717, 1.165) is 0 Å². The minimum absolute atomic E-state index is 0.321. The van der Waals surface area contributed by atoms with Crippen molar-refractivity contribution in [3.05, 3.63) is 23.8 Å². The van der Waals surface area contributed by atoms with E-state index in [1.165, 1.54) is 4.74 Å². The van der Waals surface area contributed by atoms with Crippen molar-refractivity contribution in [2.75, 3.05) is 5.73 Å². The molecule has 4 N–H and O–H groups in total. The molecule has 2 unspecified atom stereocenters. The molecule has 0 heterocycles. The first kappa shape index (κ1) is 32.8. The van der Waals surface area contributed by atoms with E-state index in [4.69, 9.17) is 15.8 Å². The maximum atomic E-state index is 14.8. The predicted molar refractivity (Wildman–Crippen MR) is 82.5 cm³/mol. The standard InChI is InChI=1S/C14H7BF17NO4/c16-7(10(20,21)22,4-1-5(15(34)35)3-6(33)2-4)36-14(31,32)9(19,12(26,27)28)37-13(29,30)8(17,18)11(23,24)25/h1-3,34-35H,33H2. The minimum Gasteiger partial charge on any atom is -0.423 e. The quantitative estimate of drug-likeness (QED) is 0.241. The fraction of sp³-hybridized carbons (Fsp3) is 0.571. The second kappa shape index (κ2) is 9.19. The number of nitrogen functional groups attached to an aromatic ring is 1. The molecule has 0 bridgehead atoms. The molecule has 1 rings (SSSR count). The van der Waals surface area contributed by atoms with Crippen LogP contribution in [0.1, 0.15) is 5.56 Å². The molecule has 2 atom stereocenters. The van der Waals surface area contributed by atoms with Gasteiger partial charge in [-0.25, -0.2) is 0 Å². The summed E-state index contributed by atoms with van der Waals surface area (Å²) in [6.45, 7) is 0. The maximum absolute atomic E-state index is 14.8. The van der Waals surface area contributed by atoms with Crippen LogP contribution in [-0.4, -0.2) is 59.7 Å². The average Bonchev–Trinajstić information content (AvgIpc) is 2.63. The van der Waals surface area contributed by atoms with Gasteiger partial charge in [0.1, 0.15) is 0 Å². The van der Waals surface area contributed by atoms with Crippen molar-refractivity contribution in [2.45, 2.75) is 48.4 Å². The lowest BCUT2D eigenvalue weighted by Gasteiger charge is -2.40. The van der Waals surface area contributed by atoms with Gasteiger partial charge in [-0.05, 0) is 17.6 Å². The van der Waals surface area contributed by atoms with Crippen LogP contribution in [0.5, 0.6) is 0 Å². The van der Waals surface area contributed by atoms with E-state index in [9.17, 15) is 74.6 Å². The predicted octanol–water partition coefficient (Wildman–Crippen LogP) is 4.28. The Labute approximate surface area is 191 Å². The lowest BCUT2D eigenvalue weighted by Crippen LogP contribution is -2.67. The molecule has 0 saturated heterocycles. The number of hydrogen-bond acceptors (Lipinski definition) is 5. The molecule has 0 fully saturated rings. The van der Waals surface area contributed by atoms with Crippen LogP contribution in [0.3, 0.4) is 0 Å². The van der Waals surface area contributed by atoms with E-state index < -0.39 is 78.3 Å². The highest BCUT2D eigenvalue weighted by Gasteiger charge is 2.85. The number of ether oxygens (including phenoxy) is 2. The van der Waals surface area contributed by atoms with E-state index in [0.29, 0.717) is 6.07 Å². The molecule has 23 heteroatoms. The summed E-state index contributed by atoms with van der Waals surface area (Å²) >= 11 is 0. The van der Waals surface area contributed by atoms with E-state index in [1.807, 2.05) is 0 Å². The van der Waals surface area contributed by atoms with Crippen molar-refractivity contribution in [3.63, 3.8) is 0 Å². The van der Waals surface area contributed by atoms with E-state index in [-0.39, 0.29) is 6.07 Å². The summed E-state index contributed by atoms with van der Waals surface area (Å²) in [5.41, 5.74) is -0.0563. The zero-order valence-electron chi connectivity index (χ0n) is 16.5. The summed E-state index contributed by atoms with van der Waals surface area (Å²) in [6, 6.07) is -0.525. The maximum Gasteiger partial charge on any atom is 0.488 e. The van der Waals surface area contributed by atoms with Crippen molar-refractivity contribution in [1.82, 2.24) is 0 Å². The third-order valence-electron chi connectivity index (χ3n) is 4.01. The third-order valence-corrected chi connectivity index (χ3v) is 4.01. The van der Waals surface area contributed by atoms with Gasteiger partial charge in [0.15, 0.2) is 0 Å². The summed E-state index contributed by atoms with van der Waals surface area (Å²) in [5.74, 6) is -22.4. The number of rotatable bonds is 8. The number of hydrogen-bond donors (Lipinski definition) is 3. The Morgan fingerprint density at radius 1 is 0.595 bits per heavy atom. The lowest BCUT2D eigenvalue weighted by atomic mass is 9.78. The highest BCUT2D eigenvalue weighted by Crippen LogP contribution is 2.57. The van der Waals surface area contributed by atoms with Crippen LogP contribution in [0, 0.1) is 0 Å². The molecule has 0 spiro atoms. The third kappa shape index (κ3) is 5.77. The molecular formula is C14H7BF17NO4. The van der Waals surface area contributed by atoms with Crippen molar-refractivity contribution in [2.24, 2.45) is 0 Å². The van der Waals surface area contributed by atoms with Crippen LogP contribution in [-0.2, 0) is 15.3 Å². The molecule has 37 heavy (non-hydrogen) atoms. The lowest BCUT2D eigenvalue weighted by molar-refractivity contribution is -0.554. The molecule has 0 aliphatic rings. The molecule has 0 radical (unpaired) electrons. The summed E-state index contributed by atoms with van der Waals surface area (Å²) in [5, 5.41) is 17.8. The van der Waals surface area contributed by atoms with Gasteiger partial charge in [0, 0.05) is 11.3 Å². The molecule has 0 aliphatic heterocycles. The zero-order valence-corrected chi connectivity index (χ0v) is 16.5. The van der Waals surface area contributed by atoms with Gasteiger partial charge in [0.2, 0.25) is 0 Å². The average molecular weight is 587 g/mol. The summed E-state index contributed by atoms with van der Waals surface area (Å²) in [7, 11) is -2.89. The van der Waals surface area contributed by atoms with Crippen molar-refractivity contribution in [3.8, 4) is 0 Å². The van der Waals surface area contributed by atoms with Gasteiger partial charge in [0.05, 0.1) is 0 Å². The van der Waals surface area contributed by atoms with Crippen LogP contribution < -0.4 is 11.2 Å². The van der Waals surface area contributed by atoms with Crippen LogP contribution in [0.15, 0.2) is 18.2 Å². The summed E-state index contributed by atoms with van der Waals surface area (Å²) in [6.07, 6.45) is -38.4. The van der Waals surface area contributed by atoms with Gasteiger partial charge in [-0.15, -0.1) is 0 Å². The molecule has 1 aromatic rings. The first-order chi connectivity index (χ1) is 16.0. The van der Waals surface area contributed by atoms with E-state index in [1.54, 1.807) is 0 Å². The molecule has 0 aliphatic carbocycles. The number of halogens is 17. The Morgan fingerprint density at radius 2 is 1.05 bits per heavy atom. The Bertz CT molecular complexity index is 978. The van der Waals surface area contributed by atoms with Crippen molar-refractivity contribution >= 4 is 18.3 Å². The largest absolute Gasteiger partial charge is 0.488 e. The number of benzene rings is 1. The number of alkyl halides is 17. The highest BCUT2D eigenvalue weighted by atomic mass is 19.4. The second-order valence-corrected chi connectivity index (χ2v) is 6.76. The fourth-order valence-electron chi connectivity index (χ4n) is 2.22. The second-order valence-electron chi connectivity index (χ2n) is 6.76. The summed E-state index contributed by atoms with van der Waals surface area (Å²) in [4.78, 5) is 0. The molecule has 0 aromatic heterocycles. The van der Waals surface area contributed by atoms with E-state index >= 15 is 0 Å². The monoisotopic (exact) mass is 587 g/mol. The normalized spacial score (nSPS) is 17.8. The minimum atomic E-state index is -8.03. The van der Waals surface area contributed by atoms with Crippen molar-refractivity contribution in [1.29, 1.82) is 0 Å². The van der Waals surface area contributed by atoms with Crippen LogP contribution >= 0.6 is 0 Å². The smallest absolute Gasteiger partial charge is 0.423 e. The van der Waals surface area contributed by atoms with Crippen LogP contribution in [0.4, 0.5) is 80.3 Å². The molecule has 5 nitrogen and oxygen atoms in total. The number of anilines is 1. The first-order valence-corrected chi connectivity index (χ1v) is 8.35. The first-order valence-electron chi connectivity index (χ1n) is 8.35. The fourth-order valence-corrected chi connectivity index (χ4v) is 2.22. The van der Waals surface area contributed by atoms with Crippen LogP contribution in [0.2, 0.25) is 0 Å². The van der Waals surface area contributed by atoms with Crippen LogP contribution in [0.25, 0.3) is 0 Å². The molecule has 0 amide bonds. The van der Waals surface area contributed by atoms with Gasteiger partial charge in [0.25, 0.3) is 0 Å². The molecule has 0 saturated carbocycles. The zero-order chi connectivity index (χ0) is 29.8. The van der Waals surface area contributed by atoms with E-state index in [2.05, 4.69) is 4.74 Å². The SMILES string of the molecule is Nc1cc(B(O)O)cc(C(F)(OC(F)(F)C(F)(OC(F)(F)C(F)(F)C(F)(F)F)C(F)(F)F)C(F)(F)F)c1. The Hall–Kier alpha value is -2.27. The van der Waals surface area contributed by atoms with Gasteiger partial charge in [-0.2, -0.15) is 74.6 Å². The molecule has 214 valence electrons. The highest BCUT2D eigenvalue weighted by molar-refractivity contribution is 6.58. The Kier molecular flexibility index (Phi) is 8.13. The Balaban J connectivity index is 3.83. The van der Waals surface area contributed by atoms with Gasteiger partial charge in [-0.3, -0.25) is 9.47 Å². The Morgan fingerprint density at radius 3 is 1.41 bits per heavy atom. The summed E-state index contributed by atoms with van der Waals surface area (Å²) < 4.78 is 228. The number of nitrogens with two attached hydrogens (primary N) is 1. The van der Waals surface area contributed by atoms with Crippen molar-refractivity contribution < 1.29 is 94.2 Å². The van der Waals surface area contributed by atoms with Gasteiger partial charge >= 0.3 is 55.5 Å². The molecule has 1 aromatic carbocycles. The van der Waals surface area contributed by atoms with Gasteiger partial charge < -0.3 is 15.8 Å². The topological polar surface area (TPSA) is 84.9 Å².